The maximum Gasteiger partial charge on any atom is 0.160 e. The number of Topliss-reactive ketones (excluding diaryl/α,β-unsaturated/α-hetero) is 1. The molecule has 0 fully saturated rings. The first-order valence-corrected chi connectivity index (χ1v) is 6.38. The first-order chi connectivity index (χ1) is 8.54. The molecule has 2 nitrogen and oxygen atoms in total. The van der Waals surface area contributed by atoms with Crippen molar-refractivity contribution >= 4 is 11.4 Å². The van der Waals surface area contributed by atoms with Gasteiger partial charge in [-0.1, -0.05) is 63.1 Å². The average Bonchev–Trinajstić information content (AvgIpc) is 2.41. The van der Waals surface area contributed by atoms with Crippen molar-refractivity contribution < 1.29 is 4.79 Å². The topological polar surface area (TPSA) is 43.1 Å². The first kappa shape index (κ1) is 18.9. The number of benzene rings is 1. The molecule has 0 aliphatic heterocycles. The molecule has 1 rings (SSSR count). The minimum absolute atomic E-state index is 0.0913. The fraction of sp³-hybridized carbons (Fsp3) is 0.438. The molecule has 0 bridgehead atoms. The van der Waals surface area contributed by atoms with Crippen molar-refractivity contribution in [2.75, 3.05) is 7.05 Å². The van der Waals surface area contributed by atoms with Gasteiger partial charge in [0.05, 0.1) is 0 Å². The lowest BCUT2D eigenvalue weighted by atomic mass is 10.00. The normalized spacial score (nSPS) is 8.33. The van der Waals surface area contributed by atoms with Crippen LogP contribution >= 0.6 is 0 Å². The Bertz CT molecular complexity index is 321. The third-order valence-corrected chi connectivity index (χ3v) is 2.27. The molecule has 0 radical (unpaired) electrons. The minimum Gasteiger partial charge on any atom is -0.333 e. The number of nitrogens with two attached hydrogens (primary N) is 1. The van der Waals surface area contributed by atoms with Crippen LogP contribution in [0.15, 0.2) is 30.8 Å². The summed E-state index contributed by atoms with van der Waals surface area (Å²) in [6.45, 7) is 11.7. The SMILES string of the molecule is C=C(C)c1ccccc1C(C)=O.CCCC.CN. The molecule has 0 saturated heterocycles. The van der Waals surface area contributed by atoms with Gasteiger partial charge in [-0.05, 0) is 26.5 Å². The van der Waals surface area contributed by atoms with Crippen LogP contribution in [0.25, 0.3) is 5.57 Å². The summed E-state index contributed by atoms with van der Waals surface area (Å²) < 4.78 is 0. The Hall–Kier alpha value is -1.41. The van der Waals surface area contributed by atoms with E-state index in [2.05, 4.69) is 26.2 Å². The number of allylic oxidation sites excluding steroid dienone is 1. The number of rotatable bonds is 3. The van der Waals surface area contributed by atoms with Gasteiger partial charge in [-0.2, -0.15) is 0 Å². The average molecular weight is 249 g/mol. The van der Waals surface area contributed by atoms with Gasteiger partial charge in [-0.3, -0.25) is 4.79 Å². The minimum atomic E-state index is 0.0913. The Morgan fingerprint density at radius 2 is 1.44 bits per heavy atom. The lowest BCUT2D eigenvalue weighted by Crippen LogP contribution is -1.96. The molecule has 2 N–H and O–H groups in total. The number of ketones is 1. The Balaban J connectivity index is 0. The molecule has 0 spiro atoms. The molecule has 0 aliphatic carbocycles. The maximum atomic E-state index is 11.1. The van der Waals surface area contributed by atoms with Gasteiger partial charge in [0.15, 0.2) is 5.78 Å². The van der Waals surface area contributed by atoms with Crippen LogP contribution in [-0.4, -0.2) is 12.8 Å². The van der Waals surface area contributed by atoms with E-state index in [0.29, 0.717) is 0 Å². The van der Waals surface area contributed by atoms with Crippen molar-refractivity contribution in [1.82, 2.24) is 0 Å². The van der Waals surface area contributed by atoms with E-state index in [-0.39, 0.29) is 5.78 Å². The van der Waals surface area contributed by atoms with Gasteiger partial charge < -0.3 is 5.73 Å². The van der Waals surface area contributed by atoms with Crippen LogP contribution in [0.4, 0.5) is 0 Å². The largest absolute Gasteiger partial charge is 0.333 e. The van der Waals surface area contributed by atoms with Gasteiger partial charge >= 0.3 is 0 Å². The van der Waals surface area contributed by atoms with Crippen molar-refractivity contribution in [2.24, 2.45) is 5.73 Å². The predicted molar refractivity (Wildman–Crippen MR) is 81.8 cm³/mol. The number of hydrogen-bond acceptors (Lipinski definition) is 2. The molecule has 1 aromatic rings. The standard InChI is InChI=1S/C11H12O.C4H10.CH5N/c1-8(2)10-6-4-5-7-11(10)9(3)12;1-3-4-2;1-2/h4-7H,1H2,2-3H3;3-4H2,1-2H3;2H2,1H3. The number of carbonyl (C=O) groups is 1. The molecule has 18 heavy (non-hydrogen) atoms. The van der Waals surface area contributed by atoms with Gasteiger partial charge in [-0.15, -0.1) is 0 Å². The molecule has 0 unspecified atom stereocenters. The Morgan fingerprint density at radius 3 is 1.67 bits per heavy atom. The highest BCUT2D eigenvalue weighted by Gasteiger charge is 2.05. The van der Waals surface area contributed by atoms with E-state index < -0.39 is 0 Å². The van der Waals surface area contributed by atoms with Crippen LogP contribution in [-0.2, 0) is 0 Å². The smallest absolute Gasteiger partial charge is 0.160 e. The van der Waals surface area contributed by atoms with E-state index in [1.807, 2.05) is 31.2 Å². The number of hydrogen-bond donors (Lipinski definition) is 1. The molecule has 0 aromatic heterocycles. The van der Waals surface area contributed by atoms with Crippen LogP contribution in [0, 0.1) is 0 Å². The molecule has 2 heteroatoms. The van der Waals surface area contributed by atoms with Gasteiger partial charge in [-0.25, -0.2) is 0 Å². The van der Waals surface area contributed by atoms with Crippen LogP contribution in [0.3, 0.4) is 0 Å². The van der Waals surface area contributed by atoms with Crippen molar-refractivity contribution in [3.8, 4) is 0 Å². The molecule has 0 amide bonds. The van der Waals surface area contributed by atoms with E-state index in [4.69, 9.17) is 0 Å². The Labute approximate surface area is 112 Å². The molecule has 0 atom stereocenters. The summed E-state index contributed by atoms with van der Waals surface area (Å²) in [4.78, 5) is 11.1. The summed E-state index contributed by atoms with van der Waals surface area (Å²) in [7, 11) is 1.50. The number of unbranched alkanes of at least 4 members (excludes halogenated alkanes) is 1. The van der Waals surface area contributed by atoms with Crippen molar-refractivity contribution in [3.05, 3.63) is 42.0 Å². The molecule has 0 aliphatic rings. The summed E-state index contributed by atoms with van der Waals surface area (Å²) in [5.74, 6) is 0.0913. The highest BCUT2D eigenvalue weighted by atomic mass is 16.1. The zero-order valence-electron chi connectivity index (χ0n) is 12.4. The highest BCUT2D eigenvalue weighted by Crippen LogP contribution is 2.16. The van der Waals surface area contributed by atoms with Crippen LogP contribution < -0.4 is 5.73 Å². The van der Waals surface area contributed by atoms with Crippen molar-refractivity contribution in [2.45, 2.75) is 40.5 Å². The third-order valence-electron chi connectivity index (χ3n) is 2.27. The quantitative estimate of drug-likeness (QED) is 0.811. The monoisotopic (exact) mass is 249 g/mol. The molecule has 0 heterocycles. The van der Waals surface area contributed by atoms with Gasteiger partial charge in [0.25, 0.3) is 0 Å². The molecular weight excluding hydrogens is 222 g/mol. The van der Waals surface area contributed by atoms with Crippen LogP contribution in [0.1, 0.15) is 56.5 Å². The zero-order valence-corrected chi connectivity index (χ0v) is 12.4. The number of carbonyl (C=O) groups excluding carboxylic acids is 1. The Morgan fingerprint density at radius 1 is 1.06 bits per heavy atom. The lowest BCUT2D eigenvalue weighted by molar-refractivity contribution is 0.101. The summed E-state index contributed by atoms with van der Waals surface area (Å²) in [6.07, 6.45) is 2.64. The van der Waals surface area contributed by atoms with Crippen molar-refractivity contribution in [1.29, 1.82) is 0 Å². The Kier molecular flexibility index (Phi) is 12.7. The molecule has 102 valence electrons. The van der Waals surface area contributed by atoms with Gasteiger partial charge in [0.1, 0.15) is 0 Å². The third kappa shape index (κ3) is 7.80. The van der Waals surface area contributed by atoms with Gasteiger partial charge in [0.2, 0.25) is 0 Å². The second kappa shape index (κ2) is 12.1. The summed E-state index contributed by atoms with van der Waals surface area (Å²) >= 11 is 0. The zero-order chi connectivity index (χ0) is 14.6. The second-order valence-corrected chi connectivity index (χ2v) is 3.88. The highest BCUT2D eigenvalue weighted by molar-refractivity contribution is 5.98. The fourth-order valence-corrected chi connectivity index (χ4v) is 1.16. The van der Waals surface area contributed by atoms with E-state index in [1.54, 1.807) is 6.92 Å². The maximum absolute atomic E-state index is 11.1. The van der Waals surface area contributed by atoms with E-state index in [0.717, 1.165) is 16.7 Å². The van der Waals surface area contributed by atoms with Crippen LogP contribution in [0.2, 0.25) is 0 Å². The summed E-state index contributed by atoms with van der Waals surface area (Å²) in [5, 5.41) is 0. The summed E-state index contributed by atoms with van der Waals surface area (Å²) in [5.41, 5.74) is 7.14. The molecule has 0 saturated carbocycles. The van der Waals surface area contributed by atoms with E-state index in [9.17, 15) is 4.79 Å². The molecular formula is C16H27NO. The first-order valence-electron chi connectivity index (χ1n) is 6.38. The summed E-state index contributed by atoms with van der Waals surface area (Å²) in [6, 6.07) is 7.52. The van der Waals surface area contributed by atoms with E-state index >= 15 is 0 Å². The predicted octanol–water partition coefficient (Wildman–Crippen LogP) is 4.30. The fourth-order valence-electron chi connectivity index (χ4n) is 1.16. The van der Waals surface area contributed by atoms with E-state index in [1.165, 1.54) is 19.9 Å². The second-order valence-electron chi connectivity index (χ2n) is 3.88. The lowest BCUT2D eigenvalue weighted by Gasteiger charge is -2.04. The van der Waals surface area contributed by atoms with Crippen LogP contribution in [0.5, 0.6) is 0 Å². The molecule has 1 aromatic carbocycles. The van der Waals surface area contributed by atoms with Gasteiger partial charge in [0, 0.05) is 5.56 Å². The van der Waals surface area contributed by atoms with Crippen molar-refractivity contribution in [3.63, 3.8) is 0 Å².